The Morgan fingerprint density at radius 1 is 1.38 bits per heavy atom. The molecule has 8 heteroatoms. The SMILES string of the molecule is CN(C)CCNC(=O)C(=O)Nc1nc2c(s1)CN(C)CC2. The van der Waals surface area contributed by atoms with Gasteiger partial charge in [0.05, 0.1) is 5.69 Å². The summed E-state index contributed by atoms with van der Waals surface area (Å²) in [6, 6.07) is 0. The van der Waals surface area contributed by atoms with Crippen LogP contribution in [0.4, 0.5) is 5.13 Å². The van der Waals surface area contributed by atoms with Gasteiger partial charge in [0.15, 0.2) is 5.13 Å². The highest BCUT2D eigenvalue weighted by Gasteiger charge is 2.20. The predicted molar refractivity (Wildman–Crippen MR) is 82.3 cm³/mol. The van der Waals surface area contributed by atoms with Crippen LogP contribution in [0.1, 0.15) is 10.6 Å². The van der Waals surface area contributed by atoms with Crippen molar-refractivity contribution in [1.29, 1.82) is 0 Å². The summed E-state index contributed by atoms with van der Waals surface area (Å²) in [5, 5.41) is 5.66. The molecule has 0 fully saturated rings. The lowest BCUT2D eigenvalue weighted by molar-refractivity contribution is -0.136. The first kappa shape index (κ1) is 15.9. The molecule has 1 aliphatic heterocycles. The Bertz CT molecular complexity index is 529. The third kappa shape index (κ3) is 4.48. The maximum absolute atomic E-state index is 11.8. The summed E-state index contributed by atoms with van der Waals surface area (Å²) >= 11 is 1.44. The fourth-order valence-corrected chi connectivity index (χ4v) is 3.09. The Hall–Kier alpha value is -1.51. The van der Waals surface area contributed by atoms with Crippen molar-refractivity contribution in [2.75, 3.05) is 46.1 Å². The second-order valence-electron chi connectivity index (χ2n) is 5.39. The summed E-state index contributed by atoms with van der Waals surface area (Å²) in [7, 11) is 5.87. The highest BCUT2D eigenvalue weighted by molar-refractivity contribution is 7.16. The number of carbonyl (C=O) groups is 2. The van der Waals surface area contributed by atoms with Gasteiger partial charge >= 0.3 is 11.8 Å². The van der Waals surface area contributed by atoms with E-state index in [4.69, 9.17) is 0 Å². The average molecular weight is 311 g/mol. The van der Waals surface area contributed by atoms with Crippen molar-refractivity contribution in [2.24, 2.45) is 0 Å². The number of fused-ring (bicyclic) bond motifs is 1. The number of nitrogens with zero attached hydrogens (tertiary/aromatic N) is 3. The zero-order valence-electron chi connectivity index (χ0n) is 12.6. The van der Waals surface area contributed by atoms with Crippen molar-refractivity contribution in [3.63, 3.8) is 0 Å². The Morgan fingerprint density at radius 3 is 2.86 bits per heavy atom. The number of nitrogens with one attached hydrogen (secondary N) is 2. The molecule has 2 N–H and O–H groups in total. The van der Waals surface area contributed by atoms with Gasteiger partial charge < -0.3 is 15.1 Å². The number of carbonyl (C=O) groups excluding carboxylic acids is 2. The molecule has 0 radical (unpaired) electrons. The molecular formula is C13H21N5O2S. The summed E-state index contributed by atoms with van der Waals surface area (Å²) in [6.07, 6.45) is 0.882. The van der Waals surface area contributed by atoms with Gasteiger partial charge in [0.25, 0.3) is 0 Å². The number of aromatic nitrogens is 1. The molecule has 21 heavy (non-hydrogen) atoms. The van der Waals surface area contributed by atoms with Crippen LogP contribution in [0.15, 0.2) is 0 Å². The normalized spacial score (nSPS) is 14.9. The molecule has 0 saturated carbocycles. The minimum atomic E-state index is -0.659. The summed E-state index contributed by atoms with van der Waals surface area (Å²) in [5.41, 5.74) is 1.03. The molecule has 0 bridgehead atoms. The van der Waals surface area contributed by atoms with E-state index in [2.05, 4.69) is 27.6 Å². The fourth-order valence-electron chi connectivity index (χ4n) is 2.00. The summed E-state index contributed by atoms with van der Waals surface area (Å²) in [4.78, 5) is 33.1. The second-order valence-corrected chi connectivity index (χ2v) is 6.47. The van der Waals surface area contributed by atoms with Crippen LogP contribution >= 0.6 is 11.3 Å². The first-order chi connectivity index (χ1) is 9.95. The molecule has 7 nitrogen and oxygen atoms in total. The number of rotatable bonds is 4. The van der Waals surface area contributed by atoms with Gasteiger partial charge in [-0.2, -0.15) is 0 Å². The van der Waals surface area contributed by atoms with E-state index in [1.807, 2.05) is 19.0 Å². The van der Waals surface area contributed by atoms with Gasteiger partial charge in [0.2, 0.25) is 0 Å². The molecule has 1 aromatic heterocycles. The summed E-state index contributed by atoms with van der Waals surface area (Å²) in [5.74, 6) is -1.28. The van der Waals surface area contributed by atoms with Crippen LogP contribution in [0, 0.1) is 0 Å². The third-order valence-corrected chi connectivity index (χ3v) is 4.19. The quantitative estimate of drug-likeness (QED) is 0.750. The predicted octanol–water partition coefficient (Wildman–Crippen LogP) is -0.253. The van der Waals surface area contributed by atoms with E-state index in [0.717, 1.165) is 30.1 Å². The molecule has 2 heterocycles. The largest absolute Gasteiger partial charge is 0.347 e. The smallest absolute Gasteiger partial charge is 0.315 e. The molecule has 116 valence electrons. The van der Waals surface area contributed by atoms with E-state index in [9.17, 15) is 9.59 Å². The van der Waals surface area contributed by atoms with E-state index in [-0.39, 0.29) is 0 Å². The van der Waals surface area contributed by atoms with Gasteiger partial charge in [-0.25, -0.2) is 4.98 Å². The van der Waals surface area contributed by atoms with E-state index in [1.165, 1.54) is 11.3 Å². The lowest BCUT2D eigenvalue weighted by Crippen LogP contribution is -2.38. The average Bonchev–Trinajstić information content (AvgIpc) is 2.79. The van der Waals surface area contributed by atoms with Crippen LogP contribution in [-0.2, 0) is 22.6 Å². The Balaban J connectivity index is 1.86. The Labute approximate surface area is 128 Å². The molecule has 0 atom stereocenters. The molecule has 0 spiro atoms. The van der Waals surface area contributed by atoms with E-state index >= 15 is 0 Å². The van der Waals surface area contributed by atoms with Gasteiger partial charge in [-0.1, -0.05) is 0 Å². The Kier molecular flexibility index (Phi) is 5.27. The number of thiazole rings is 1. The number of hydrogen-bond donors (Lipinski definition) is 2. The molecule has 2 amide bonds. The minimum absolute atomic E-state index is 0.443. The molecule has 0 unspecified atom stereocenters. The third-order valence-electron chi connectivity index (χ3n) is 3.19. The first-order valence-corrected chi connectivity index (χ1v) is 7.68. The van der Waals surface area contributed by atoms with Crippen LogP contribution in [-0.4, -0.2) is 67.4 Å². The first-order valence-electron chi connectivity index (χ1n) is 6.86. The van der Waals surface area contributed by atoms with Gasteiger partial charge in [-0.15, -0.1) is 11.3 Å². The van der Waals surface area contributed by atoms with Crippen molar-refractivity contribution >= 4 is 28.3 Å². The van der Waals surface area contributed by atoms with E-state index in [0.29, 0.717) is 18.2 Å². The topological polar surface area (TPSA) is 77.6 Å². The van der Waals surface area contributed by atoms with Crippen LogP contribution in [0.3, 0.4) is 0 Å². The van der Waals surface area contributed by atoms with Crippen LogP contribution in [0.25, 0.3) is 0 Å². The highest BCUT2D eigenvalue weighted by Crippen LogP contribution is 2.27. The maximum Gasteiger partial charge on any atom is 0.315 e. The zero-order chi connectivity index (χ0) is 15.4. The van der Waals surface area contributed by atoms with Crippen LogP contribution < -0.4 is 10.6 Å². The molecule has 0 aliphatic carbocycles. The van der Waals surface area contributed by atoms with Crippen LogP contribution in [0.5, 0.6) is 0 Å². The van der Waals surface area contributed by atoms with Gasteiger partial charge in [0.1, 0.15) is 0 Å². The molecule has 1 aliphatic rings. The number of hydrogen-bond acceptors (Lipinski definition) is 6. The minimum Gasteiger partial charge on any atom is -0.347 e. The van der Waals surface area contributed by atoms with Gasteiger partial charge in [-0.3, -0.25) is 14.9 Å². The van der Waals surface area contributed by atoms with Crippen molar-refractivity contribution in [3.8, 4) is 0 Å². The lowest BCUT2D eigenvalue weighted by atomic mass is 10.2. The second kappa shape index (κ2) is 6.97. The molecule has 2 rings (SSSR count). The monoisotopic (exact) mass is 311 g/mol. The molecule has 1 aromatic rings. The number of anilines is 1. The van der Waals surface area contributed by atoms with E-state index in [1.54, 1.807) is 0 Å². The zero-order valence-corrected chi connectivity index (χ0v) is 13.4. The van der Waals surface area contributed by atoms with Gasteiger partial charge in [0, 0.05) is 37.5 Å². The van der Waals surface area contributed by atoms with Gasteiger partial charge in [-0.05, 0) is 21.1 Å². The summed E-state index contributed by atoms with van der Waals surface area (Å²) < 4.78 is 0. The van der Waals surface area contributed by atoms with Crippen molar-refractivity contribution in [2.45, 2.75) is 13.0 Å². The fraction of sp³-hybridized carbons (Fsp3) is 0.615. The number of amides is 2. The summed E-state index contributed by atoms with van der Waals surface area (Å²) in [6.45, 7) is 2.95. The van der Waals surface area contributed by atoms with Crippen molar-refractivity contribution < 1.29 is 9.59 Å². The standard InChI is InChI=1S/C13H21N5O2S/c1-17(2)7-5-14-11(19)12(20)16-13-15-9-4-6-18(3)8-10(9)21-13/h4-8H2,1-3H3,(H,14,19)(H,15,16,20). The Morgan fingerprint density at radius 2 is 2.14 bits per heavy atom. The molecule has 0 saturated heterocycles. The van der Waals surface area contributed by atoms with E-state index < -0.39 is 11.8 Å². The van der Waals surface area contributed by atoms with Crippen LogP contribution in [0.2, 0.25) is 0 Å². The van der Waals surface area contributed by atoms with Crippen molar-refractivity contribution in [3.05, 3.63) is 10.6 Å². The lowest BCUT2D eigenvalue weighted by Gasteiger charge is -2.20. The van der Waals surface area contributed by atoms with Crippen molar-refractivity contribution in [1.82, 2.24) is 20.1 Å². The highest BCUT2D eigenvalue weighted by atomic mass is 32.1. The maximum atomic E-state index is 11.8. The molecular weight excluding hydrogens is 290 g/mol. The number of likely N-dealkylation sites (N-methyl/N-ethyl adjacent to an activating group) is 2. The molecule has 0 aromatic carbocycles.